The minimum absolute atomic E-state index is 0.172. The Balaban J connectivity index is 1.70. The first-order chi connectivity index (χ1) is 14.9. The zero-order valence-corrected chi connectivity index (χ0v) is 17.3. The van der Waals surface area contributed by atoms with Crippen LogP contribution >= 0.6 is 11.8 Å². The van der Waals surface area contributed by atoms with E-state index < -0.39 is 23.0 Å². The SMILES string of the molecule is COc1cc(/C=C2\SC(=O)N(CC(=O)Nc3ccccc3)C2=O)ccc1OCC(N)=O. The second-order valence-corrected chi connectivity index (χ2v) is 7.34. The average Bonchev–Trinajstić information content (AvgIpc) is 3.00. The van der Waals surface area contributed by atoms with Gasteiger partial charge in [0.15, 0.2) is 18.1 Å². The molecule has 0 saturated carbocycles. The molecule has 2 aromatic carbocycles. The van der Waals surface area contributed by atoms with E-state index in [1.807, 2.05) is 6.07 Å². The van der Waals surface area contributed by atoms with Gasteiger partial charge >= 0.3 is 0 Å². The van der Waals surface area contributed by atoms with Crippen molar-refractivity contribution in [2.75, 3.05) is 25.6 Å². The Morgan fingerprint density at radius 1 is 1.13 bits per heavy atom. The number of rotatable bonds is 8. The van der Waals surface area contributed by atoms with Crippen molar-refractivity contribution in [3.63, 3.8) is 0 Å². The summed E-state index contributed by atoms with van der Waals surface area (Å²) in [5, 5.41) is 2.10. The van der Waals surface area contributed by atoms with Crippen LogP contribution in [-0.4, -0.2) is 48.1 Å². The van der Waals surface area contributed by atoms with E-state index in [1.165, 1.54) is 13.2 Å². The quantitative estimate of drug-likeness (QED) is 0.601. The zero-order chi connectivity index (χ0) is 22.4. The van der Waals surface area contributed by atoms with Gasteiger partial charge in [-0.1, -0.05) is 24.3 Å². The summed E-state index contributed by atoms with van der Waals surface area (Å²) in [7, 11) is 1.43. The number of methoxy groups -OCH3 is 1. The van der Waals surface area contributed by atoms with Gasteiger partial charge < -0.3 is 20.5 Å². The lowest BCUT2D eigenvalue weighted by Crippen LogP contribution is -2.36. The van der Waals surface area contributed by atoms with Crippen LogP contribution in [0.4, 0.5) is 10.5 Å². The third kappa shape index (κ3) is 5.64. The number of imide groups is 1. The highest BCUT2D eigenvalue weighted by Crippen LogP contribution is 2.34. The molecule has 4 amide bonds. The van der Waals surface area contributed by atoms with Crippen LogP contribution in [-0.2, 0) is 14.4 Å². The highest BCUT2D eigenvalue weighted by molar-refractivity contribution is 8.18. The minimum Gasteiger partial charge on any atom is -0.493 e. The van der Waals surface area contributed by atoms with Crippen molar-refractivity contribution in [2.24, 2.45) is 5.73 Å². The molecule has 0 spiro atoms. The van der Waals surface area contributed by atoms with Gasteiger partial charge in [-0.25, -0.2) is 0 Å². The predicted molar refractivity (Wildman–Crippen MR) is 115 cm³/mol. The maximum atomic E-state index is 12.6. The monoisotopic (exact) mass is 441 g/mol. The van der Waals surface area contributed by atoms with E-state index in [0.717, 1.165) is 16.7 Å². The molecule has 1 fully saturated rings. The number of nitrogens with one attached hydrogen (secondary N) is 1. The molecule has 0 aliphatic carbocycles. The van der Waals surface area contributed by atoms with E-state index in [0.29, 0.717) is 22.7 Å². The number of benzene rings is 2. The van der Waals surface area contributed by atoms with E-state index in [-0.39, 0.29) is 18.1 Å². The van der Waals surface area contributed by atoms with Crippen LogP contribution in [0.3, 0.4) is 0 Å². The van der Waals surface area contributed by atoms with E-state index in [9.17, 15) is 19.2 Å². The first kappa shape index (κ1) is 21.9. The van der Waals surface area contributed by atoms with E-state index in [4.69, 9.17) is 15.2 Å². The van der Waals surface area contributed by atoms with E-state index in [1.54, 1.807) is 42.5 Å². The molecule has 3 rings (SSSR count). The van der Waals surface area contributed by atoms with Crippen molar-refractivity contribution in [2.45, 2.75) is 0 Å². The molecule has 0 radical (unpaired) electrons. The number of hydrogen-bond acceptors (Lipinski definition) is 7. The summed E-state index contributed by atoms with van der Waals surface area (Å²) < 4.78 is 10.5. The summed E-state index contributed by atoms with van der Waals surface area (Å²) in [6.45, 7) is -0.695. The van der Waals surface area contributed by atoms with Crippen LogP contribution < -0.4 is 20.5 Å². The molecule has 1 heterocycles. The smallest absolute Gasteiger partial charge is 0.294 e. The number of anilines is 1. The topological polar surface area (TPSA) is 128 Å². The molecule has 9 nitrogen and oxygen atoms in total. The lowest BCUT2D eigenvalue weighted by molar-refractivity contribution is -0.127. The molecule has 2 aromatic rings. The molecule has 0 aromatic heterocycles. The van der Waals surface area contributed by atoms with Gasteiger partial charge in [0.2, 0.25) is 5.91 Å². The summed E-state index contributed by atoms with van der Waals surface area (Å²) in [6.07, 6.45) is 1.51. The van der Waals surface area contributed by atoms with Crippen LogP contribution in [0, 0.1) is 0 Å². The van der Waals surface area contributed by atoms with Gasteiger partial charge in [-0.2, -0.15) is 0 Å². The van der Waals surface area contributed by atoms with Gasteiger partial charge in [-0.05, 0) is 47.7 Å². The molecule has 1 aliphatic rings. The van der Waals surface area contributed by atoms with Crippen molar-refractivity contribution >= 4 is 46.5 Å². The second kappa shape index (κ2) is 9.81. The maximum absolute atomic E-state index is 12.6. The molecule has 31 heavy (non-hydrogen) atoms. The lowest BCUT2D eigenvalue weighted by atomic mass is 10.2. The largest absolute Gasteiger partial charge is 0.493 e. The normalized spacial score (nSPS) is 14.6. The van der Waals surface area contributed by atoms with Gasteiger partial charge in [0.05, 0.1) is 12.0 Å². The Labute approximate surface area is 182 Å². The lowest BCUT2D eigenvalue weighted by Gasteiger charge is -2.12. The summed E-state index contributed by atoms with van der Waals surface area (Å²) in [6, 6.07) is 13.5. The molecule has 0 atom stereocenters. The fourth-order valence-electron chi connectivity index (χ4n) is 2.70. The Morgan fingerprint density at radius 3 is 2.55 bits per heavy atom. The summed E-state index contributed by atoms with van der Waals surface area (Å²) in [5.74, 6) is -1.03. The molecule has 0 unspecified atom stereocenters. The van der Waals surface area contributed by atoms with Gasteiger partial charge in [-0.15, -0.1) is 0 Å². The molecule has 0 bridgehead atoms. The van der Waals surface area contributed by atoms with Gasteiger partial charge in [-0.3, -0.25) is 24.1 Å². The number of amides is 4. The number of carbonyl (C=O) groups is 4. The number of carbonyl (C=O) groups excluding carboxylic acids is 4. The van der Waals surface area contributed by atoms with E-state index in [2.05, 4.69) is 5.32 Å². The number of nitrogens with two attached hydrogens (primary N) is 1. The fourth-order valence-corrected chi connectivity index (χ4v) is 3.53. The van der Waals surface area contributed by atoms with Gasteiger partial charge in [0.1, 0.15) is 6.54 Å². The van der Waals surface area contributed by atoms with Crippen LogP contribution in [0.25, 0.3) is 6.08 Å². The van der Waals surface area contributed by atoms with Gasteiger partial charge in [0, 0.05) is 5.69 Å². The molecular formula is C21H19N3O6S. The van der Waals surface area contributed by atoms with E-state index >= 15 is 0 Å². The first-order valence-electron chi connectivity index (χ1n) is 9.07. The molecule has 1 saturated heterocycles. The molecule has 10 heteroatoms. The Hall–Kier alpha value is -3.79. The zero-order valence-electron chi connectivity index (χ0n) is 16.5. The number of hydrogen-bond donors (Lipinski definition) is 2. The molecule has 160 valence electrons. The first-order valence-corrected chi connectivity index (χ1v) is 9.88. The Morgan fingerprint density at radius 2 is 1.87 bits per heavy atom. The highest BCUT2D eigenvalue weighted by Gasteiger charge is 2.36. The van der Waals surface area contributed by atoms with Crippen LogP contribution in [0.5, 0.6) is 11.5 Å². The number of thioether (sulfide) groups is 1. The number of para-hydroxylation sites is 1. The standard InChI is InChI=1S/C21H19N3O6S/c1-29-16-9-13(7-8-15(16)30-12-18(22)25)10-17-20(27)24(21(28)31-17)11-19(26)23-14-5-3-2-4-6-14/h2-10H,11-12H2,1H3,(H2,22,25)(H,23,26)/b17-10-. The molecule has 3 N–H and O–H groups in total. The summed E-state index contributed by atoms with van der Waals surface area (Å²) >= 11 is 0.742. The van der Waals surface area contributed by atoms with Crippen molar-refractivity contribution in [3.8, 4) is 11.5 Å². The maximum Gasteiger partial charge on any atom is 0.294 e. The second-order valence-electron chi connectivity index (χ2n) is 6.35. The molecular weight excluding hydrogens is 422 g/mol. The number of ether oxygens (including phenoxy) is 2. The Bertz CT molecular complexity index is 1050. The third-order valence-corrected chi connectivity index (χ3v) is 5.00. The fraction of sp³-hybridized carbons (Fsp3) is 0.143. The van der Waals surface area contributed by atoms with Crippen LogP contribution in [0.15, 0.2) is 53.4 Å². The minimum atomic E-state index is -0.629. The molecule has 1 aliphatic heterocycles. The average molecular weight is 441 g/mol. The number of primary amides is 1. The van der Waals surface area contributed by atoms with Crippen molar-refractivity contribution in [1.82, 2.24) is 4.90 Å². The highest BCUT2D eigenvalue weighted by atomic mass is 32.2. The van der Waals surface area contributed by atoms with Crippen molar-refractivity contribution in [1.29, 1.82) is 0 Å². The van der Waals surface area contributed by atoms with Gasteiger partial charge in [0.25, 0.3) is 17.1 Å². The predicted octanol–water partition coefficient (Wildman–Crippen LogP) is 2.23. The summed E-state index contributed by atoms with van der Waals surface area (Å²) in [5.41, 5.74) is 6.21. The Kier molecular flexibility index (Phi) is 6.93. The third-order valence-electron chi connectivity index (χ3n) is 4.09. The number of nitrogens with zero attached hydrogens (tertiary/aromatic N) is 1. The summed E-state index contributed by atoms with van der Waals surface area (Å²) in [4.78, 5) is 49.0. The van der Waals surface area contributed by atoms with Crippen molar-refractivity contribution < 1.29 is 28.7 Å². The van der Waals surface area contributed by atoms with Crippen LogP contribution in [0.1, 0.15) is 5.56 Å². The van der Waals surface area contributed by atoms with Crippen molar-refractivity contribution in [3.05, 3.63) is 59.0 Å². The van der Waals surface area contributed by atoms with Crippen LogP contribution in [0.2, 0.25) is 0 Å².